The van der Waals surface area contributed by atoms with E-state index in [1.54, 1.807) is 18.2 Å². The molecule has 9 heteroatoms. The summed E-state index contributed by atoms with van der Waals surface area (Å²) in [6, 6.07) is 8.48. The van der Waals surface area contributed by atoms with E-state index < -0.39 is 17.5 Å². The molecule has 1 heterocycles. The Bertz CT molecular complexity index is 969. The number of hydrogen-bond donors (Lipinski definition) is 2. The Kier molecular flexibility index (Phi) is 5.30. The van der Waals surface area contributed by atoms with E-state index in [1.807, 2.05) is 0 Å². The van der Waals surface area contributed by atoms with Crippen LogP contribution >= 0.6 is 0 Å². The van der Waals surface area contributed by atoms with Gasteiger partial charge >= 0.3 is 0 Å². The number of rotatable bonds is 6. The summed E-state index contributed by atoms with van der Waals surface area (Å²) in [7, 11) is 3.04. The van der Waals surface area contributed by atoms with E-state index in [9.17, 15) is 13.2 Å². The Labute approximate surface area is 153 Å². The number of aromatic nitrogens is 2. The van der Waals surface area contributed by atoms with Crippen molar-refractivity contribution in [2.75, 3.05) is 24.9 Å². The second kappa shape index (κ2) is 7.81. The summed E-state index contributed by atoms with van der Waals surface area (Å²) >= 11 is 0. The summed E-state index contributed by atoms with van der Waals surface area (Å²) < 4.78 is 50.6. The molecule has 1 aromatic heterocycles. The SMILES string of the molecule is COc1ccc(OC)c(Nc2nccc(Nc3ccc(F)c(F)c3F)n2)c1. The largest absolute Gasteiger partial charge is 0.497 e. The van der Waals surface area contributed by atoms with E-state index in [0.29, 0.717) is 17.2 Å². The Morgan fingerprint density at radius 2 is 1.67 bits per heavy atom. The van der Waals surface area contributed by atoms with Gasteiger partial charge in [0.2, 0.25) is 5.95 Å². The van der Waals surface area contributed by atoms with Crippen molar-refractivity contribution in [2.24, 2.45) is 0 Å². The molecule has 0 spiro atoms. The first-order chi connectivity index (χ1) is 13.0. The van der Waals surface area contributed by atoms with Gasteiger partial charge in [-0.1, -0.05) is 0 Å². The summed E-state index contributed by atoms with van der Waals surface area (Å²) in [5.74, 6) is -2.69. The van der Waals surface area contributed by atoms with Crippen molar-refractivity contribution >= 4 is 23.1 Å². The second-order valence-electron chi connectivity index (χ2n) is 5.30. The molecule has 0 aliphatic rings. The molecule has 0 atom stereocenters. The quantitative estimate of drug-likeness (QED) is 0.622. The van der Waals surface area contributed by atoms with Crippen LogP contribution in [0.25, 0.3) is 0 Å². The molecule has 140 valence electrons. The molecule has 3 rings (SSSR count). The number of hydrogen-bond acceptors (Lipinski definition) is 6. The van der Waals surface area contributed by atoms with Crippen LogP contribution in [-0.4, -0.2) is 24.2 Å². The van der Waals surface area contributed by atoms with Crippen molar-refractivity contribution in [3.63, 3.8) is 0 Å². The van der Waals surface area contributed by atoms with Gasteiger partial charge in [0.05, 0.1) is 25.6 Å². The van der Waals surface area contributed by atoms with Crippen molar-refractivity contribution in [3.05, 3.63) is 60.0 Å². The molecule has 0 aliphatic heterocycles. The molecule has 0 saturated carbocycles. The van der Waals surface area contributed by atoms with Crippen LogP contribution in [0.4, 0.5) is 36.3 Å². The van der Waals surface area contributed by atoms with Crippen molar-refractivity contribution < 1.29 is 22.6 Å². The first-order valence-corrected chi connectivity index (χ1v) is 7.74. The predicted octanol–water partition coefficient (Wildman–Crippen LogP) is 4.40. The van der Waals surface area contributed by atoms with E-state index in [2.05, 4.69) is 20.6 Å². The van der Waals surface area contributed by atoms with Crippen LogP contribution in [0.3, 0.4) is 0 Å². The summed E-state index contributed by atoms with van der Waals surface area (Å²) in [4.78, 5) is 8.25. The molecule has 3 aromatic rings. The smallest absolute Gasteiger partial charge is 0.229 e. The Morgan fingerprint density at radius 3 is 2.41 bits per heavy atom. The zero-order valence-corrected chi connectivity index (χ0v) is 14.4. The highest BCUT2D eigenvalue weighted by molar-refractivity contribution is 5.66. The van der Waals surface area contributed by atoms with Gasteiger partial charge in [0.15, 0.2) is 17.5 Å². The van der Waals surface area contributed by atoms with Crippen LogP contribution < -0.4 is 20.1 Å². The van der Waals surface area contributed by atoms with E-state index >= 15 is 0 Å². The van der Waals surface area contributed by atoms with Gasteiger partial charge in [-0.3, -0.25) is 0 Å². The number of nitrogens with zero attached hydrogens (tertiary/aromatic N) is 2. The summed E-state index contributed by atoms with van der Waals surface area (Å²) in [6.45, 7) is 0. The van der Waals surface area contributed by atoms with E-state index in [0.717, 1.165) is 12.1 Å². The standard InChI is InChI=1S/C18H15F3N4O2/c1-26-10-3-6-14(27-2)13(9-10)24-18-22-8-7-15(25-18)23-12-5-4-11(19)16(20)17(12)21/h3-9H,1-2H3,(H2,22,23,24,25). The van der Waals surface area contributed by atoms with Crippen LogP contribution in [0, 0.1) is 17.5 Å². The van der Waals surface area contributed by atoms with Crippen LogP contribution in [0.15, 0.2) is 42.6 Å². The molecule has 0 aliphatic carbocycles. The normalized spacial score (nSPS) is 10.4. The number of nitrogens with one attached hydrogen (secondary N) is 2. The summed E-state index contributed by atoms with van der Waals surface area (Å²) in [5, 5.41) is 5.55. The van der Waals surface area contributed by atoms with Gasteiger partial charge in [-0.25, -0.2) is 18.2 Å². The zero-order chi connectivity index (χ0) is 19.4. The maximum atomic E-state index is 13.8. The van der Waals surface area contributed by atoms with E-state index in [1.165, 1.54) is 26.5 Å². The predicted molar refractivity (Wildman–Crippen MR) is 94.5 cm³/mol. The Morgan fingerprint density at radius 1 is 0.852 bits per heavy atom. The topological polar surface area (TPSA) is 68.3 Å². The number of anilines is 4. The lowest BCUT2D eigenvalue weighted by Gasteiger charge is -2.12. The number of ether oxygens (including phenoxy) is 2. The third-order valence-electron chi connectivity index (χ3n) is 3.61. The van der Waals surface area contributed by atoms with Gasteiger partial charge in [0, 0.05) is 12.3 Å². The lowest BCUT2D eigenvalue weighted by atomic mass is 10.2. The molecule has 0 amide bonds. The Balaban J connectivity index is 1.86. The van der Waals surface area contributed by atoms with Gasteiger partial charge in [0.25, 0.3) is 0 Å². The fourth-order valence-corrected chi connectivity index (χ4v) is 2.28. The molecule has 0 unspecified atom stereocenters. The molecule has 0 bridgehead atoms. The molecular weight excluding hydrogens is 361 g/mol. The first kappa shape index (κ1) is 18.3. The number of benzene rings is 2. The highest BCUT2D eigenvalue weighted by Crippen LogP contribution is 2.31. The molecule has 0 fully saturated rings. The minimum atomic E-state index is -1.56. The number of methoxy groups -OCH3 is 2. The summed E-state index contributed by atoms with van der Waals surface area (Å²) in [5.41, 5.74) is 0.297. The molecule has 6 nitrogen and oxygen atoms in total. The van der Waals surface area contributed by atoms with Crippen molar-refractivity contribution in [3.8, 4) is 11.5 Å². The number of halogens is 3. The molecular formula is C18H15F3N4O2. The van der Waals surface area contributed by atoms with E-state index in [-0.39, 0.29) is 17.5 Å². The van der Waals surface area contributed by atoms with Gasteiger partial charge in [0.1, 0.15) is 17.3 Å². The van der Waals surface area contributed by atoms with Crippen LogP contribution in [0.5, 0.6) is 11.5 Å². The minimum absolute atomic E-state index is 0.176. The van der Waals surface area contributed by atoms with Crippen molar-refractivity contribution in [1.29, 1.82) is 0 Å². The Hall–Kier alpha value is -3.49. The highest BCUT2D eigenvalue weighted by Gasteiger charge is 2.14. The first-order valence-electron chi connectivity index (χ1n) is 7.74. The lowest BCUT2D eigenvalue weighted by molar-refractivity contribution is 0.405. The van der Waals surface area contributed by atoms with Gasteiger partial charge < -0.3 is 20.1 Å². The molecule has 0 saturated heterocycles. The van der Waals surface area contributed by atoms with Crippen LogP contribution in [0.1, 0.15) is 0 Å². The molecule has 2 aromatic carbocycles. The summed E-state index contributed by atoms with van der Waals surface area (Å²) in [6.07, 6.45) is 1.42. The third kappa shape index (κ3) is 4.02. The highest BCUT2D eigenvalue weighted by atomic mass is 19.2. The van der Waals surface area contributed by atoms with Crippen molar-refractivity contribution in [2.45, 2.75) is 0 Å². The van der Waals surface area contributed by atoms with E-state index in [4.69, 9.17) is 9.47 Å². The fourth-order valence-electron chi connectivity index (χ4n) is 2.28. The van der Waals surface area contributed by atoms with Crippen molar-refractivity contribution in [1.82, 2.24) is 9.97 Å². The minimum Gasteiger partial charge on any atom is -0.497 e. The fraction of sp³-hybridized carbons (Fsp3) is 0.111. The zero-order valence-electron chi connectivity index (χ0n) is 14.4. The van der Waals surface area contributed by atoms with Crippen LogP contribution in [-0.2, 0) is 0 Å². The monoisotopic (exact) mass is 376 g/mol. The second-order valence-corrected chi connectivity index (χ2v) is 5.30. The third-order valence-corrected chi connectivity index (χ3v) is 3.61. The lowest BCUT2D eigenvalue weighted by Crippen LogP contribution is -2.03. The maximum Gasteiger partial charge on any atom is 0.229 e. The molecule has 27 heavy (non-hydrogen) atoms. The average Bonchev–Trinajstić information content (AvgIpc) is 2.68. The van der Waals surface area contributed by atoms with Gasteiger partial charge in [-0.15, -0.1) is 0 Å². The molecule has 2 N–H and O–H groups in total. The average molecular weight is 376 g/mol. The maximum absolute atomic E-state index is 13.8. The van der Waals surface area contributed by atoms with Crippen LogP contribution in [0.2, 0.25) is 0 Å². The molecule has 0 radical (unpaired) electrons. The van der Waals surface area contributed by atoms with Gasteiger partial charge in [-0.2, -0.15) is 4.98 Å². The van der Waals surface area contributed by atoms with Gasteiger partial charge in [-0.05, 0) is 30.3 Å².